The summed E-state index contributed by atoms with van der Waals surface area (Å²) in [5.41, 5.74) is 3.89. The first-order valence-corrected chi connectivity index (χ1v) is 13.1. The van der Waals surface area contributed by atoms with Crippen LogP contribution < -0.4 is 0 Å². The van der Waals surface area contributed by atoms with E-state index < -0.39 is 0 Å². The van der Waals surface area contributed by atoms with Crippen molar-refractivity contribution in [3.05, 3.63) is 127 Å². The summed E-state index contributed by atoms with van der Waals surface area (Å²) in [4.78, 5) is 14.9. The van der Waals surface area contributed by atoms with Crippen molar-refractivity contribution >= 4 is 43.5 Å². The van der Waals surface area contributed by atoms with E-state index in [-0.39, 0.29) is 5.82 Å². The molecule has 4 nitrogen and oxygen atoms in total. The highest BCUT2D eigenvalue weighted by molar-refractivity contribution is 6.14. The molecular formula is C35H20FN3O. The van der Waals surface area contributed by atoms with E-state index in [1.54, 1.807) is 12.1 Å². The third-order valence-electron chi connectivity index (χ3n) is 7.39. The number of rotatable bonds is 3. The van der Waals surface area contributed by atoms with Gasteiger partial charge in [-0.15, -0.1) is 0 Å². The van der Waals surface area contributed by atoms with E-state index >= 15 is 0 Å². The molecule has 0 amide bonds. The van der Waals surface area contributed by atoms with Gasteiger partial charge in [0.1, 0.15) is 17.0 Å². The molecule has 0 aliphatic carbocycles. The van der Waals surface area contributed by atoms with Gasteiger partial charge in [0.15, 0.2) is 17.5 Å². The third kappa shape index (κ3) is 3.56. The van der Waals surface area contributed by atoms with Crippen molar-refractivity contribution in [1.82, 2.24) is 15.0 Å². The van der Waals surface area contributed by atoms with Crippen LogP contribution in [0.3, 0.4) is 0 Å². The van der Waals surface area contributed by atoms with E-state index in [0.29, 0.717) is 28.6 Å². The van der Waals surface area contributed by atoms with Gasteiger partial charge in [0.2, 0.25) is 0 Å². The van der Waals surface area contributed by atoms with Crippen LogP contribution in [-0.2, 0) is 0 Å². The maximum atomic E-state index is 13.8. The number of nitrogens with zero attached hydrogens (tertiary/aromatic N) is 3. The van der Waals surface area contributed by atoms with Crippen LogP contribution in [0.5, 0.6) is 0 Å². The minimum absolute atomic E-state index is 0.314. The quantitative estimate of drug-likeness (QED) is 0.219. The Morgan fingerprint density at radius 1 is 0.475 bits per heavy atom. The third-order valence-corrected chi connectivity index (χ3v) is 7.39. The van der Waals surface area contributed by atoms with Crippen LogP contribution in [0.25, 0.3) is 77.6 Å². The lowest BCUT2D eigenvalue weighted by atomic mass is 9.97. The Bertz CT molecular complexity index is 2240. The fourth-order valence-corrected chi connectivity index (χ4v) is 5.51. The maximum absolute atomic E-state index is 13.8. The van der Waals surface area contributed by atoms with Crippen molar-refractivity contribution < 1.29 is 8.81 Å². The Morgan fingerprint density at radius 3 is 1.98 bits per heavy atom. The Morgan fingerprint density at radius 2 is 1.10 bits per heavy atom. The van der Waals surface area contributed by atoms with E-state index in [9.17, 15) is 4.39 Å². The molecule has 2 aromatic heterocycles. The minimum atomic E-state index is -0.314. The largest absolute Gasteiger partial charge is 0.455 e. The van der Waals surface area contributed by atoms with Gasteiger partial charge in [-0.05, 0) is 52.6 Å². The highest BCUT2D eigenvalue weighted by Crippen LogP contribution is 2.37. The predicted molar refractivity (Wildman–Crippen MR) is 158 cm³/mol. The molecule has 0 fully saturated rings. The van der Waals surface area contributed by atoms with Gasteiger partial charge in [-0.1, -0.05) is 84.9 Å². The minimum Gasteiger partial charge on any atom is -0.455 e. The Labute approximate surface area is 228 Å². The van der Waals surface area contributed by atoms with Gasteiger partial charge >= 0.3 is 0 Å². The molecule has 0 aliphatic heterocycles. The summed E-state index contributed by atoms with van der Waals surface area (Å²) in [6.07, 6.45) is 0. The molecule has 0 atom stereocenters. The Hall–Kier alpha value is -5.42. The van der Waals surface area contributed by atoms with Gasteiger partial charge < -0.3 is 4.42 Å². The summed E-state index contributed by atoms with van der Waals surface area (Å²) < 4.78 is 20.1. The van der Waals surface area contributed by atoms with Gasteiger partial charge in [0.05, 0.1) is 5.56 Å². The zero-order chi connectivity index (χ0) is 26.6. The summed E-state index contributed by atoms with van der Waals surface area (Å²) in [7, 11) is 0. The van der Waals surface area contributed by atoms with E-state index in [4.69, 9.17) is 19.4 Å². The Balaban J connectivity index is 1.45. The van der Waals surface area contributed by atoms with Crippen LogP contribution >= 0.6 is 0 Å². The summed E-state index contributed by atoms with van der Waals surface area (Å²) in [6.45, 7) is 0. The summed E-state index contributed by atoms with van der Waals surface area (Å²) in [5, 5.41) is 6.47. The number of benzene rings is 6. The monoisotopic (exact) mass is 517 g/mol. The van der Waals surface area contributed by atoms with Gasteiger partial charge in [0, 0.05) is 27.3 Å². The normalized spacial score (nSPS) is 11.6. The fraction of sp³-hybridized carbons (Fsp3) is 0. The molecule has 0 saturated carbocycles. The molecule has 0 N–H and O–H groups in total. The van der Waals surface area contributed by atoms with Crippen molar-refractivity contribution in [3.63, 3.8) is 0 Å². The second kappa shape index (κ2) is 8.82. The summed E-state index contributed by atoms with van der Waals surface area (Å²) in [5.74, 6) is 1.18. The van der Waals surface area contributed by atoms with Crippen LogP contribution in [0.4, 0.5) is 4.39 Å². The number of aromatic nitrogens is 3. The zero-order valence-corrected chi connectivity index (χ0v) is 21.2. The van der Waals surface area contributed by atoms with E-state index in [1.165, 1.54) is 12.1 Å². The molecule has 8 rings (SSSR count). The maximum Gasteiger partial charge on any atom is 0.167 e. The molecule has 0 radical (unpaired) electrons. The van der Waals surface area contributed by atoms with Crippen molar-refractivity contribution in [2.24, 2.45) is 0 Å². The van der Waals surface area contributed by atoms with Crippen LogP contribution in [0.2, 0.25) is 0 Å². The highest BCUT2D eigenvalue weighted by atomic mass is 19.1. The lowest BCUT2D eigenvalue weighted by Crippen LogP contribution is -2.01. The predicted octanol–water partition coefficient (Wildman–Crippen LogP) is 9.22. The van der Waals surface area contributed by atoms with E-state index in [2.05, 4.69) is 36.4 Å². The number of fused-ring (bicyclic) bond motifs is 6. The van der Waals surface area contributed by atoms with Gasteiger partial charge in [-0.25, -0.2) is 19.3 Å². The fourth-order valence-electron chi connectivity index (χ4n) is 5.51. The van der Waals surface area contributed by atoms with Gasteiger partial charge in [-0.3, -0.25) is 0 Å². The van der Waals surface area contributed by atoms with Crippen molar-refractivity contribution in [1.29, 1.82) is 0 Å². The smallest absolute Gasteiger partial charge is 0.167 e. The van der Waals surface area contributed by atoms with E-state index in [0.717, 1.165) is 49.0 Å². The molecule has 0 unspecified atom stereocenters. The van der Waals surface area contributed by atoms with Crippen LogP contribution in [-0.4, -0.2) is 15.0 Å². The molecule has 6 aromatic carbocycles. The summed E-state index contributed by atoms with van der Waals surface area (Å²) in [6, 6.07) is 39.0. The SMILES string of the molecule is Fc1ccc(-c2nc(-c3cccc4c3oc3ccccc34)nc(-c3cccc4ccc5ccccc5c34)n2)cc1. The van der Waals surface area contributed by atoms with Crippen LogP contribution in [0.1, 0.15) is 0 Å². The van der Waals surface area contributed by atoms with Crippen molar-refractivity contribution in [3.8, 4) is 34.2 Å². The lowest BCUT2D eigenvalue weighted by molar-refractivity contribution is 0.628. The van der Waals surface area contributed by atoms with Crippen molar-refractivity contribution in [2.75, 3.05) is 0 Å². The number of furan rings is 1. The van der Waals surface area contributed by atoms with Crippen LogP contribution in [0.15, 0.2) is 126 Å². The topological polar surface area (TPSA) is 51.8 Å². The zero-order valence-electron chi connectivity index (χ0n) is 21.2. The molecule has 188 valence electrons. The summed E-state index contributed by atoms with van der Waals surface area (Å²) >= 11 is 0. The molecule has 0 bridgehead atoms. The average Bonchev–Trinajstić information content (AvgIpc) is 3.40. The first-order chi connectivity index (χ1) is 19.7. The molecule has 5 heteroatoms. The molecule has 8 aromatic rings. The molecule has 40 heavy (non-hydrogen) atoms. The molecule has 2 heterocycles. The number of halogens is 1. The number of para-hydroxylation sites is 2. The molecule has 0 spiro atoms. The van der Waals surface area contributed by atoms with E-state index in [1.807, 2.05) is 60.7 Å². The first-order valence-electron chi connectivity index (χ1n) is 13.1. The lowest BCUT2D eigenvalue weighted by Gasteiger charge is -2.12. The second-order valence-electron chi connectivity index (χ2n) is 9.78. The number of hydrogen-bond acceptors (Lipinski definition) is 4. The average molecular weight is 518 g/mol. The van der Waals surface area contributed by atoms with Crippen molar-refractivity contribution in [2.45, 2.75) is 0 Å². The van der Waals surface area contributed by atoms with Gasteiger partial charge in [0.25, 0.3) is 0 Å². The second-order valence-corrected chi connectivity index (χ2v) is 9.78. The highest BCUT2D eigenvalue weighted by Gasteiger charge is 2.19. The first kappa shape index (κ1) is 22.6. The molecular weight excluding hydrogens is 497 g/mol. The molecule has 0 saturated heterocycles. The molecule has 0 aliphatic rings. The standard InChI is InChI=1S/C35H20FN3O/c36-24-19-17-23(18-20-24)33-37-34(28-12-5-8-22-16-15-21-7-1-2-9-25(21)31(22)28)39-35(38-33)29-13-6-11-27-26-10-3-4-14-30(26)40-32(27)29/h1-20H. The Kier molecular flexibility index (Phi) is 4.97. The van der Waals surface area contributed by atoms with Gasteiger partial charge in [-0.2, -0.15) is 0 Å². The number of hydrogen-bond donors (Lipinski definition) is 0. The van der Waals surface area contributed by atoms with Crippen LogP contribution in [0, 0.1) is 5.82 Å².